The highest BCUT2D eigenvalue weighted by molar-refractivity contribution is 7.91. The number of nitrogens with one attached hydrogen (secondary N) is 3. The van der Waals surface area contributed by atoms with Crippen molar-refractivity contribution >= 4 is 44.6 Å². The minimum atomic E-state index is -4.02. The number of amides is 4. The molecule has 2 aliphatic carbocycles. The van der Waals surface area contributed by atoms with Crippen molar-refractivity contribution in [2.45, 2.75) is 106 Å². The van der Waals surface area contributed by atoms with Gasteiger partial charge < -0.3 is 39.6 Å². The fourth-order valence-corrected chi connectivity index (χ4v) is 8.74. The Balaban J connectivity index is 1.22. The number of hydrogen-bond acceptors (Lipinski definition) is 11. The highest BCUT2D eigenvalue weighted by Crippen LogP contribution is 2.48. The van der Waals surface area contributed by atoms with Gasteiger partial charge in [-0.05, 0) is 70.6 Å². The number of aromatic nitrogens is 1. The van der Waals surface area contributed by atoms with Crippen molar-refractivity contribution in [3.05, 3.63) is 36.5 Å². The van der Waals surface area contributed by atoms with Crippen LogP contribution in [0.25, 0.3) is 10.8 Å². The lowest BCUT2D eigenvalue weighted by Gasteiger charge is -2.33. The van der Waals surface area contributed by atoms with E-state index in [-0.39, 0.29) is 37.8 Å². The average Bonchev–Trinajstić information content (AvgIpc) is 4.01. The molecule has 0 radical (unpaired) electrons. The lowest BCUT2D eigenvalue weighted by atomic mass is 10.0. The molecule has 286 valence electrons. The lowest BCUT2D eigenvalue weighted by Crippen LogP contribution is -2.60. The van der Waals surface area contributed by atoms with Crippen LogP contribution in [0.4, 0.5) is 4.79 Å². The van der Waals surface area contributed by atoms with E-state index in [0.717, 1.165) is 0 Å². The number of pyridine rings is 1. The van der Waals surface area contributed by atoms with E-state index in [4.69, 9.17) is 18.9 Å². The molecule has 3 aliphatic heterocycles. The molecule has 4 N–H and O–H groups in total. The van der Waals surface area contributed by atoms with Crippen LogP contribution in [0, 0.1) is 5.92 Å². The maximum Gasteiger partial charge on any atom is 0.405 e. The van der Waals surface area contributed by atoms with Crippen LogP contribution < -0.4 is 29.6 Å². The summed E-state index contributed by atoms with van der Waals surface area (Å²) in [5, 5.41) is 16.3. The van der Waals surface area contributed by atoms with Crippen molar-refractivity contribution in [2.75, 3.05) is 19.8 Å². The number of ether oxygens (including phenoxy) is 4. The quantitative estimate of drug-likeness (QED) is 0.300. The molecule has 0 spiro atoms. The molecule has 16 nitrogen and oxygen atoms in total. The lowest BCUT2D eigenvalue weighted by molar-refractivity contribution is -0.145. The summed E-state index contributed by atoms with van der Waals surface area (Å²) >= 11 is 0. The van der Waals surface area contributed by atoms with Crippen molar-refractivity contribution < 1.29 is 51.6 Å². The first-order valence-electron chi connectivity index (χ1n) is 18.1. The molecule has 4 amide bonds. The second-order valence-corrected chi connectivity index (χ2v) is 17.0. The van der Waals surface area contributed by atoms with Crippen molar-refractivity contribution in [2.24, 2.45) is 5.92 Å². The molecule has 17 heteroatoms. The monoisotopic (exact) mass is 755 g/mol. The molecule has 0 unspecified atom stereocenters. The zero-order chi connectivity index (χ0) is 37.7. The zero-order valence-corrected chi connectivity index (χ0v) is 30.6. The molecular formula is C36H45N5O11S. The average molecular weight is 756 g/mol. The van der Waals surface area contributed by atoms with Gasteiger partial charge in [0.05, 0.1) is 23.5 Å². The van der Waals surface area contributed by atoms with Gasteiger partial charge in [-0.2, -0.15) is 0 Å². The molecule has 7 rings (SSSR count). The SMILES string of the molecule is CC[C@@H]1O[C@H](C)CC/C=C\[C@@H]2C[C@@]2(C(=O)NS(=O)(=O)C2(C)CC2)NC(=O)[C@@H]2C[C@@H](Oc3nccc4c5c(ccc34)OCCO5)CN2C(=O)[C@H]1NC(=O)O. The first-order valence-corrected chi connectivity index (χ1v) is 19.6. The Morgan fingerprint density at radius 2 is 1.92 bits per heavy atom. The summed E-state index contributed by atoms with van der Waals surface area (Å²) in [7, 11) is -4.02. The molecule has 1 aromatic heterocycles. The van der Waals surface area contributed by atoms with Crippen LogP contribution in [0.15, 0.2) is 36.5 Å². The number of hydrogen-bond donors (Lipinski definition) is 4. The largest absolute Gasteiger partial charge is 0.486 e. The molecule has 1 saturated heterocycles. The van der Waals surface area contributed by atoms with Crippen LogP contribution in [-0.4, -0.2) is 108 Å². The second kappa shape index (κ2) is 14.0. The topological polar surface area (TPSA) is 212 Å². The molecule has 4 heterocycles. The van der Waals surface area contributed by atoms with Crippen LogP contribution in [0.3, 0.4) is 0 Å². The third-order valence-corrected chi connectivity index (χ3v) is 13.1. The van der Waals surface area contributed by atoms with E-state index >= 15 is 0 Å². The number of fused-ring (bicyclic) bond motifs is 5. The third-order valence-electron chi connectivity index (χ3n) is 11.0. The molecule has 0 bridgehead atoms. The normalized spacial score (nSPS) is 31.5. The Labute approximate surface area is 307 Å². The van der Waals surface area contributed by atoms with Gasteiger partial charge in [-0.3, -0.25) is 19.1 Å². The van der Waals surface area contributed by atoms with Crippen LogP contribution in [0.2, 0.25) is 0 Å². The van der Waals surface area contributed by atoms with Gasteiger partial charge in [-0.15, -0.1) is 0 Å². The highest BCUT2D eigenvalue weighted by Gasteiger charge is 2.63. The fourth-order valence-electron chi connectivity index (χ4n) is 7.42. The first kappa shape index (κ1) is 36.7. The van der Waals surface area contributed by atoms with Gasteiger partial charge in [-0.25, -0.2) is 18.2 Å². The molecular weight excluding hydrogens is 710 g/mol. The smallest absolute Gasteiger partial charge is 0.405 e. The maximum atomic E-state index is 14.5. The molecule has 3 fully saturated rings. The highest BCUT2D eigenvalue weighted by atomic mass is 32.2. The summed E-state index contributed by atoms with van der Waals surface area (Å²) in [4.78, 5) is 60.4. The van der Waals surface area contributed by atoms with Crippen LogP contribution >= 0.6 is 0 Å². The Morgan fingerprint density at radius 1 is 1.15 bits per heavy atom. The van der Waals surface area contributed by atoms with Gasteiger partial charge in [0.2, 0.25) is 27.7 Å². The Bertz CT molecular complexity index is 1950. The van der Waals surface area contributed by atoms with E-state index in [0.29, 0.717) is 61.2 Å². The minimum Gasteiger partial charge on any atom is -0.486 e. The third kappa shape index (κ3) is 7.07. The summed E-state index contributed by atoms with van der Waals surface area (Å²) in [6.07, 6.45) is 4.02. The number of carbonyl (C=O) groups is 4. The fraction of sp³-hybridized carbons (Fsp3) is 0.583. The molecule has 2 saturated carbocycles. The molecule has 2 aromatic rings. The number of allylic oxidation sites excluding steroid dienone is 1. The van der Waals surface area contributed by atoms with E-state index in [2.05, 4.69) is 20.3 Å². The number of carbonyl (C=O) groups excluding carboxylic acids is 3. The van der Waals surface area contributed by atoms with Gasteiger partial charge in [0.1, 0.15) is 36.9 Å². The molecule has 7 atom stereocenters. The van der Waals surface area contributed by atoms with Crippen LogP contribution in [-0.2, 0) is 29.1 Å². The van der Waals surface area contributed by atoms with Crippen LogP contribution in [0.1, 0.15) is 65.7 Å². The zero-order valence-electron chi connectivity index (χ0n) is 29.8. The second-order valence-electron chi connectivity index (χ2n) is 14.8. The van der Waals surface area contributed by atoms with Crippen molar-refractivity contribution in [1.29, 1.82) is 0 Å². The predicted molar refractivity (Wildman–Crippen MR) is 189 cm³/mol. The van der Waals surface area contributed by atoms with Gasteiger partial charge in [0.25, 0.3) is 5.91 Å². The Morgan fingerprint density at radius 3 is 2.66 bits per heavy atom. The van der Waals surface area contributed by atoms with E-state index in [9.17, 15) is 32.7 Å². The van der Waals surface area contributed by atoms with E-state index < -0.39 is 74.3 Å². The van der Waals surface area contributed by atoms with Gasteiger partial charge in [-0.1, -0.05) is 19.1 Å². The summed E-state index contributed by atoms with van der Waals surface area (Å²) < 4.78 is 51.7. The van der Waals surface area contributed by atoms with E-state index in [1.165, 1.54) is 4.90 Å². The minimum absolute atomic E-state index is 0.0391. The van der Waals surface area contributed by atoms with Gasteiger partial charge >= 0.3 is 6.09 Å². The Hall–Kier alpha value is -4.64. The number of sulfonamides is 1. The van der Waals surface area contributed by atoms with Crippen molar-refractivity contribution in [3.8, 4) is 17.4 Å². The number of nitrogens with zero attached hydrogens (tertiary/aromatic N) is 2. The summed E-state index contributed by atoms with van der Waals surface area (Å²) in [6.45, 7) is 5.83. The predicted octanol–water partition coefficient (Wildman–Crippen LogP) is 2.40. The number of carboxylic acid groups (broad SMARTS) is 1. The van der Waals surface area contributed by atoms with Gasteiger partial charge in [0, 0.05) is 29.3 Å². The van der Waals surface area contributed by atoms with Gasteiger partial charge in [0.15, 0.2) is 11.5 Å². The van der Waals surface area contributed by atoms with Crippen molar-refractivity contribution in [3.63, 3.8) is 0 Å². The van der Waals surface area contributed by atoms with E-state index in [1.54, 1.807) is 44.3 Å². The Kier molecular flexibility index (Phi) is 9.68. The first-order chi connectivity index (χ1) is 25.2. The standard InChI is InChI=1S/C36H45N5O11S/c1-4-26-28(38-34(45)46)32(43)41-19-22(52-31-24-9-10-27-29(50-16-15-49-27)23(24)11-14-37-31)17-25(41)30(42)39-36(18-21(36)8-6-5-7-20(2)51-26)33(44)40-53(47,48)35(3)12-13-35/h6,8-11,14,20-22,25-26,28,38H,4-5,7,12-13,15-19H2,1-3H3,(H,39,42)(H,40,44)(H,45,46)/b8-6-/t20-,21-,22-,25+,26+,28+,36-/m1/s1. The maximum absolute atomic E-state index is 14.5. The summed E-state index contributed by atoms with van der Waals surface area (Å²) in [6, 6.07) is 2.72. The van der Waals surface area contributed by atoms with Crippen molar-refractivity contribution in [1.82, 2.24) is 25.2 Å². The molecule has 1 aromatic carbocycles. The van der Waals surface area contributed by atoms with E-state index in [1.807, 2.05) is 13.0 Å². The van der Waals surface area contributed by atoms with Crippen LogP contribution in [0.5, 0.6) is 17.4 Å². The number of benzene rings is 1. The molecule has 5 aliphatic rings. The molecule has 53 heavy (non-hydrogen) atoms. The number of rotatable bonds is 7. The summed E-state index contributed by atoms with van der Waals surface area (Å²) in [5.74, 6) is -1.40. The summed E-state index contributed by atoms with van der Waals surface area (Å²) in [5.41, 5.74) is -1.58.